The number of alkyl halides is 3. The van der Waals surface area contributed by atoms with Crippen molar-refractivity contribution in [3.63, 3.8) is 0 Å². The second kappa shape index (κ2) is 9.39. The lowest BCUT2D eigenvalue weighted by Gasteiger charge is -2.63. The number of hydrogen-bond acceptors (Lipinski definition) is 6. The molecule has 38 heavy (non-hydrogen) atoms. The van der Waals surface area contributed by atoms with Gasteiger partial charge in [-0.05, 0) is 62.7 Å². The summed E-state index contributed by atoms with van der Waals surface area (Å²) in [6.07, 6.45) is 4.51. The zero-order chi connectivity index (χ0) is 27.7. The van der Waals surface area contributed by atoms with Crippen LogP contribution < -0.4 is 0 Å². The van der Waals surface area contributed by atoms with Crippen LogP contribution in [-0.4, -0.2) is 52.4 Å². The third-order valence-electron chi connectivity index (χ3n) is 10.9. The minimum atomic E-state index is -2.29. The Balaban J connectivity index is 1.59. The van der Waals surface area contributed by atoms with Crippen LogP contribution in [0.4, 0.5) is 8.78 Å². The van der Waals surface area contributed by atoms with Crippen LogP contribution in [-0.2, 0) is 23.9 Å². The number of carbonyl (C=O) groups is 3. The molecule has 0 aromatic carbocycles. The van der Waals surface area contributed by atoms with Gasteiger partial charge in [-0.15, -0.1) is 0 Å². The van der Waals surface area contributed by atoms with Gasteiger partial charge >= 0.3 is 11.9 Å². The Morgan fingerprint density at radius 2 is 1.84 bits per heavy atom. The molecule has 0 aliphatic heterocycles. The van der Waals surface area contributed by atoms with Crippen LogP contribution in [0.2, 0.25) is 0 Å². The van der Waals surface area contributed by atoms with Gasteiger partial charge in [0.05, 0.1) is 12.0 Å². The van der Waals surface area contributed by atoms with Crippen molar-refractivity contribution in [2.75, 3.05) is 6.07 Å². The maximum atomic E-state index is 17.5. The molecule has 5 rings (SSSR count). The highest BCUT2D eigenvalue weighted by molar-refractivity contribution is 6.17. The summed E-state index contributed by atoms with van der Waals surface area (Å²) in [4.78, 5) is 39.2. The normalized spacial score (nSPS) is 46.4. The molecular weight excluding hydrogens is 518 g/mol. The average molecular weight is 555 g/mol. The zero-order valence-corrected chi connectivity index (χ0v) is 22.9. The average Bonchev–Trinajstić information content (AvgIpc) is 3.10. The Kier molecular flexibility index (Phi) is 6.86. The molecule has 4 fully saturated rings. The smallest absolute Gasteiger partial charge is 0.352 e. The number of ketones is 1. The van der Waals surface area contributed by atoms with Crippen LogP contribution in [0, 0.1) is 34.5 Å². The highest BCUT2D eigenvalue weighted by Crippen LogP contribution is 2.71. The maximum Gasteiger partial charge on any atom is 0.352 e. The maximum absolute atomic E-state index is 17.5. The topological polar surface area (TPSA) is 89.9 Å². The first-order valence-corrected chi connectivity index (χ1v) is 14.3. The highest BCUT2D eigenvalue weighted by atomic mass is 35.5. The van der Waals surface area contributed by atoms with E-state index in [4.69, 9.17) is 21.1 Å². The summed E-state index contributed by atoms with van der Waals surface area (Å²) in [5.74, 6) is -4.24. The molecule has 5 aliphatic carbocycles. The van der Waals surface area contributed by atoms with Gasteiger partial charge in [0.2, 0.25) is 5.60 Å². The fourth-order valence-corrected chi connectivity index (χ4v) is 9.05. The molecule has 0 amide bonds. The Morgan fingerprint density at radius 1 is 1.16 bits per heavy atom. The van der Waals surface area contributed by atoms with Gasteiger partial charge in [-0.25, -0.2) is 13.6 Å². The number of allylic oxidation sites excluding steroid dienone is 4. The van der Waals surface area contributed by atoms with Gasteiger partial charge in [-0.1, -0.05) is 50.8 Å². The van der Waals surface area contributed by atoms with Gasteiger partial charge in [-0.3, -0.25) is 9.59 Å². The van der Waals surface area contributed by atoms with Gasteiger partial charge < -0.3 is 14.6 Å². The van der Waals surface area contributed by atoms with E-state index in [1.165, 1.54) is 19.1 Å². The van der Waals surface area contributed by atoms with E-state index in [0.29, 0.717) is 12.8 Å². The molecule has 210 valence electrons. The van der Waals surface area contributed by atoms with E-state index in [9.17, 15) is 19.5 Å². The van der Waals surface area contributed by atoms with E-state index < -0.39 is 75.9 Å². The highest BCUT2D eigenvalue weighted by Gasteiger charge is 2.78. The Bertz CT molecular complexity index is 1090. The van der Waals surface area contributed by atoms with Gasteiger partial charge in [0, 0.05) is 22.7 Å². The monoisotopic (exact) mass is 554 g/mol. The summed E-state index contributed by atoms with van der Waals surface area (Å²) < 4.78 is 44.6. The summed E-state index contributed by atoms with van der Waals surface area (Å²) in [7, 11) is 0. The molecule has 6 nitrogen and oxygen atoms in total. The lowest BCUT2D eigenvalue weighted by Crippen LogP contribution is -2.71. The largest absolute Gasteiger partial charge is 0.446 e. The Hall–Kier alpha value is -1.80. The molecule has 0 radical (unpaired) electrons. The fourth-order valence-electron chi connectivity index (χ4n) is 8.95. The predicted molar refractivity (Wildman–Crippen MR) is 135 cm³/mol. The van der Waals surface area contributed by atoms with E-state index >= 15 is 8.78 Å². The standard InChI is InChI=1S/C29H37ClF2O6/c1-16-11-19-20-13-22(31)21-12-18(33)9-10-26(21,2)28(20,32)23(34)14-27(19,3)29(16,25(36)37-15-30)38-24(35)17-7-5-4-6-8-17/h9-10,12,16-17,19-20,22-23,34H,4-8,11,13-15H2,1-3H3/t16-,19+,20+,22+,23+,26+,27+,28+,29+/m1/s1. The van der Waals surface area contributed by atoms with E-state index in [-0.39, 0.29) is 30.8 Å². The summed E-state index contributed by atoms with van der Waals surface area (Å²) >= 11 is 5.79. The van der Waals surface area contributed by atoms with Crippen molar-refractivity contribution >= 4 is 29.3 Å². The zero-order valence-electron chi connectivity index (χ0n) is 22.2. The van der Waals surface area contributed by atoms with Gasteiger partial charge in [0.1, 0.15) is 6.17 Å². The number of rotatable bonds is 4. The quantitative estimate of drug-likeness (QED) is 0.382. The second-order valence-electron chi connectivity index (χ2n) is 12.5. The van der Waals surface area contributed by atoms with Crippen molar-refractivity contribution < 1.29 is 37.7 Å². The number of halogens is 3. The van der Waals surface area contributed by atoms with Crippen LogP contribution >= 0.6 is 11.6 Å². The number of aliphatic hydroxyl groups excluding tert-OH is 1. The number of hydrogen-bond donors (Lipinski definition) is 1. The molecule has 0 bridgehead atoms. The number of aliphatic hydroxyl groups is 1. The first kappa shape index (κ1) is 27.8. The third-order valence-corrected chi connectivity index (χ3v) is 11.0. The van der Waals surface area contributed by atoms with Gasteiger partial charge in [0.15, 0.2) is 17.5 Å². The van der Waals surface area contributed by atoms with Crippen LogP contribution in [0.5, 0.6) is 0 Å². The molecule has 0 aromatic rings. The minimum Gasteiger partial charge on any atom is -0.446 e. The molecule has 1 N–H and O–H groups in total. The molecule has 0 saturated heterocycles. The molecule has 5 aliphatic rings. The van der Waals surface area contributed by atoms with Gasteiger partial charge in [-0.2, -0.15) is 0 Å². The van der Waals surface area contributed by atoms with Crippen molar-refractivity contribution in [3.05, 3.63) is 23.8 Å². The van der Waals surface area contributed by atoms with Crippen LogP contribution in [0.1, 0.15) is 72.1 Å². The first-order valence-electron chi connectivity index (χ1n) is 13.8. The second-order valence-corrected chi connectivity index (χ2v) is 12.7. The van der Waals surface area contributed by atoms with Crippen LogP contribution in [0.3, 0.4) is 0 Å². The molecule has 9 atom stereocenters. The number of esters is 2. The number of carbonyl (C=O) groups excluding carboxylic acids is 3. The van der Waals surface area contributed by atoms with Gasteiger partial charge in [0.25, 0.3) is 0 Å². The fraction of sp³-hybridized carbons (Fsp3) is 0.759. The summed E-state index contributed by atoms with van der Waals surface area (Å²) in [6.45, 7) is 5.03. The third kappa shape index (κ3) is 3.54. The van der Waals surface area contributed by atoms with Crippen LogP contribution in [0.15, 0.2) is 23.8 Å². The molecule has 0 spiro atoms. The van der Waals surface area contributed by atoms with E-state index in [1.54, 1.807) is 13.8 Å². The lowest BCUT2D eigenvalue weighted by molar-refractivity contribution is -0.240. The summed E-state index contributed by atoms with van der Waals surface area (Å²) in [5.41, 5.74) is -6.82. The van der Waals surface area contributed by atoms with Crippen molar-refractivity contribution in [2.24, 2.45) is 34.5 Å². The lowest BCUT2D eigenvalue weighted by atomic mass is 9.44. The van der Waals surface area contributed by atoms with E-state index in [1.807, 2.05) is 0 Å². The first-order chi connectivity index (χ1) is 17.9. The molecule has 4 saturated carbocycles. The van der Waals surface area contributed by atoms with Crippen LogP contribution in [0.25, 0.3) is 0 Å². The molecular formula is C29H37ClF2O6. The van der Waals surface area contributed by atoms with E-state index in [0.717, 1.165) is 25.3 Å². The molecule has 9 heteroatoms. The molecule has 0 unspecified atom stereocenters. The number of fused-ring (bicyclic) bond motifs is 5. The van der Waals surface area contributed by atoms with Crippen molar-refractivity contribution in [1.29, 1.82) is 0 Å². The Labute approximate surface area is 227 Å². The van der Waals surface area contributed by atoms with Crippen molar-refractivity contribution in [3.8, 4) is 0 Å². The van der Waals surface area contributed by atoms with Crippen molar-refractivity contribution in [1.82, 2.24) is 0 Å². The van der Waals surface area contributed by atoms with Crippen molar-refractivity contribution in [2.45, 2.75) is 95.7 Å². The van der Waals surface area contributed by atoms with E-state index in [2.05, 4.69) is 0 Å². The molecule has 0 aromatic heterocycles. The molecule has 0 heterocycles. The minimum absolute atomic E-state index is 0.0361. The Morgan fingerprint density at radius 3 is 2.50 bits per heavy atom. The predicted octanol–water partition coefficient (Wildman–Crippen LogP) is 5.15. The summed E-state index contributed by atoms with van der Waals surface area (Å²) in [6, 6.07) is -0.453. The summed E-state index contributed by atoms with van der Waals surface area (Å²) in [5, 5.41) is 11.6. The SMILES string of the molecule is C[C@@H]1C[C@H]2[C@@H]3C[C@H](F)C4=CC(=O)C=C[C@]4(C)[C@@]3(F)[C@@H](O)C[C@]2(C)[C@@]1(OC(=O)C1CCCCC1)C(=O)OCCl. The number of ether oxygens (including phenoxy) is 2.